The molecule has 0 bridgehead atoms. The number of phenolic OH excluding ortho intramolecular Hbond substituents is 2. The van der Waals surface area contributed by atoms with Crippen molar-refractivity contribution in [2.24, 2.45) is 0 Å². The summed E-state index contributed by atoms with van der Waals surface area (Å²) in [5.74, 6) is -1.71. The molecule has 0 fully saturated rings. The van der Waals surface area contributed by atoms with Crippen molar-refractivity contribution >= 4 is 51.9 Å². The summed E-state index contributed by atoms with van der Waals surface area (Å²) in [5.41, 5.74) is -0.615. The Labute approximate surface area is 192 Å². The van der Waals surface area contributed by atoms with Gasteiger partial charge < -0.3 is 10.2 Å². The molecule has 0 aromatic heterocycles. The number of hydrogen-bond donors (Lipinski definition) is 5. The molecule has 0 spiro atoms. The monoisotopic (exact) mass is 526 g/mol. The molecule has 178 valence electrons. The quantitative estimate of drug-likeness (QED) is 0.245. The van der Waals surface area contributed by atoms with Crippen LogP contribution in [0, 0.1) is 0 Å². The molecule has 0 aliphatic carbocycles. The van der Waals surface area contributed by atoms with Crippen LogP contribution in [-0.4, -0.2) is 49.1 Å². The molecule has 5 N–H and O–H groups in total. The Morgan fingerprint density at radius 2 is 1.21 bits per heavy atom. The Morgan fingerprint density at radius 1 is 0.618 bits per heavy atom. The second-order valence-electron chi connectivity index (χ2n) is 7.22. The van der Waals surface area contributed by atoms with Crippen molar-refractivity contribution in [2.45, 2.75) is 14.7 Å². The molecule has 0 radical (unpaired) electrons. The van der Waals surface area contributed by atoms with E-state index in [0.29, 0.717) is 6.07 Å². The maximum atomic E-state index is 12.2. The van der Waals surface area contributed by atoms with Crippen molar-refractivity contribution in [1.82, 2.24) is 0 Å². The van der Waals surface area contributed by atoms with Crippen LogP contribution in [0.4, 0.5) is 0 Å². The van der Waals surface area contributed by atoms with Crippen LogP contribution < -0.4 is 0 Å². The van der Waals surface area contributed by atoms with Gasteiger partial charge >= 0.3 is 0 Å². The first kappa shape index (κ1) is 23.9. The summed E-state index contributed by atoms with van der Waals surface area (Å²) in [4.78, 5) is -2.19. The predicted octanol–water partition coefficient (Wildman–Crippen LogP) is 2.81. The molecule has 4 aromatic carbocycles. The van der Waals surface area contributed by atoms with E-state index in [1.54, 1.807) is 0 Å². The van der Waals surface area contributed by atoms with Crippen molar-refractivity contribution < 1.29 is 49.1 Å². The van der Waals surface area contributed by atoms with E-state index < -0.39 is 67.5 Å². The lowest BCUT2D eigenvalue weighted by atomic mass is 9.94. The number of hydrogen-bond acceptors (Lipinski definition) is 8. The number of rotatable bonds is 4. The zero-order valence-corrected chi connectivity index (χ0v) is 19.1. The zero-order valence-electron chi connectivity index (χ0n) is 16.6. The van der Waals surface area contributed by atoms with Crippen molar-refractivity contribution in [3.63, 3.8) is 0 Å². The van der Waals surface area contributed by atoms with Crippen LogP contribution >= 0.6 is 0 Å². The second-order valence-corrected chi connectivity index (χ2v) is 11.4. The van der Waals surface area contributed by atoms with Crippen LogP contribution in [0.25, 0.3) is 32.7 Å². The Balaban J connectivity index is 2.23. The Bertz CT molecular complexity index is 1840. The van der Waals surface area contributed by atoms with Gasteiger partial charge in [-0.1, -0.05) is 30.3 Å². The summed E-state index contributed by atoms with van der Waals surface area (Å²) in [6.07, 6.45) is 0. The third-order valence-electron chi connectivity index (χ3n) is 5.14. The highest BCUT2D eigenvalue weighted by atomic mass is 32.2. The standard InChI is InChI=1S/C20H14O11S3/c21-15-9-11(32(23,24)25)7-10-8-17(34(29,30)31)19(20(22)18(10)15)14-5-6-16(33(26,27)28)13-4-2-1-3-12(13)14/h1-9,21-22H,(H,23,24,25)(H,26,27,28)(H,29,30,31). The lowest BCUT2D eigenvalue weighted by Gasteiger charge is -2.17. The van der Waals surface area contributed by atoms with Gasteiger partial charge in [0.25, 0.3) is 30.4 Å². The molecule has 34 heavy (non-hydrogen) atoms. The first-order valence-electron chi connectivity index (χ1n) is 9.08. The minimum Gasteiger partial charge on any atom is -0.507 e. The van der Waals surface area contributed by atoms with Crippen LogP contribution in [0.3, 0.4) is 0 Å². The van der Waals surface area contributed by atoms with Crippen molar-refractivity contribution in [3.8, 4) is 22.6 Å². The van der Waals surface area contributed by atoms with E-state index in [9.17, 15) is 49.1 Å². The molecule has 4 rings (SSSR count). The van der Waals surface area contributed by atoms with Crippen molar-refractivity contribution in [2.75, 3.05) is 0 Å². The van der Waals surface area contributed by atoms with E-state index in [1.165, 1.54) is 24.3 Å². The third kappa shape index (κ3) is 3.96. The average molecular weight is 527 g/mol. The first-order chi connectivity index (χ1) is 15.6. The molecule has 14 heteroatoms. The molecule has 0 aliphatic rings. The molecular formula is C20H14O11S3. The predicted molar refractivity (Wildman–Crippen MR) is 120 cm³/mol. The second kappa shape index (κ2) is 7.63. The van der Waals surface area contributed by atoms with Gasteiger partial charge in [-0.3, -0.25) is 13.7 Å². The van der Waals surface area contributed by atoms with Gasteiger partial charge in [0.15, 0.2) is 0 Å². The molecule has 0 unspecified atom stereocenters. The molecule has 4 aromatic rings. The van der Waals surface area contributed by atoms with Gasteiger partial charge in [0.2, 0.25) is 0 Å². The van der Waals surface area contributed by atoms with Gasteiger partial charge in [0.05, 0.1) is 10.3 Å². The summed E-state index contributed by atoms with van der Waals surface area (Å²) in [7, 11) is -14.6. The van der Waals surface area contributed by atoms with Gasteiger partial charge in [-0.05, 0) is 34.5 Å². The maximum absolute atomic E-state index is 12.2. The summed E-state index contributed by atoms with van der Waals surface area (Å²) in [5, 5.41) is 20.6. The number of fused-ring (bicyclic) bond motifs is 2. The van der Waals surface area contributed by atoms with Gasteiger partial charge in [-0.2, -0.15) is 25.3 Å². The highest BCUT2D eigenvalue weighted by Crippen LogP contribution is 2.47. The fourth-order valence-corrected chi connectivity index (χ4v) is 5.75. The summed E-state index contributed by atoms with van der Waals surface area (Å²) in [6.45, 7) is 0. The molecule has 0 aliphatic heterocycles. The number of phenols is 2. The SMILES string of the molecule is O=S(=O)(O)c1cc(O)c2c(O)c(-c3ccc(S(=O)(=O)O)c4ccccc34)c(S(=O)(=O)O)cc2c1. The van der Waals surface area contributed by atoms with Gasteiger partial charge in [-0.25, -0.2) is 0 Å². The molecule has 0 saturated carbocycles. The molecule has 0 amide bonds. The van der Waals surface area contributed by atoms with Crippen LogP contribution in [0.1, 0.15) is 0 Å². The van der Waals surface area contributed by atoms with Gasteiger partial charge in [-0.15, -0.1) is 0 Å². The summed E-state index contributed by atoms with van der Waals surface area (Å²) < 4.78 is 99.7. The molecule has 0 saturated heterocycles. The Morgan fingerprint density at radius 3 is 1.76 bits per heavy atom. The Kier molecular flexibility index (Phi) is 5.35. The van der Waals surface area contributed by atoms with E-state index in [-0.39, 0.29) is 21.7 Å². The highest BCUT2D eigenvalue weighted by molar-refractivity contribution is 7.86. The molecular weight excluding hydrogens is 512 g/mol. The third-order valence-corrected chi connectivity index (χ3v) is 7.76. The lowest BCUT2D eigenvalue weighted by molar-refractivity contribution is 0.458. The van der Waals surface area contributed by atoms with Crippen LogP contribution in [-0.2, 0) is 30.4 Å². The fraction of sp³-hybridized carbons (Fsp3) is 0. The van der Waals surface area contributed by atoms with Crippen LogP contribution in [0.15, 0.2) is 69.3 Å². The first-order valence-corrected chi connectivity index (χ1v) is 13.4. The molecule has 0 heterocycles. The van der Waals surface area contributed by atoms with E-state index in [4.69, 9.17) is 0 Å². The normalized spacial score (nSPS) is 12.9. The topological polar surface area (TPSA) is 204 Å². The van der Waals surface area contributed by atoms with Crippen molar-refractivity contribution in [3.05, 3.63) is 54.6 Å². The zero-order chi connectivity index (χ0) is 25.2. The fourth-order valence-electron chi connectivity index (χ4n) is 3.78. The number of aromatic hydroxyl groups is 2. The molecule has 11 nitrogen and oxygen atoms in total. The smallest absolute Gasteiger partial charge is 0.295 e. The minimum atomic E-state index is -5.09. The average Bonchev–Trinajstić information content (AvgIpc) is 2.70. The minimum absolute atomic E-state index is 0.0331. The van der Waals surface area contributed by atoms with E-state index in [1.807, 2.05) is 0 Å². The summed E-state index contributed by atoms with van der Waals surface area (Å²) >= 11 is 0. The lowest BCUT2D eigenvalue weighted by Crippen LogP contribution is -2.04. The maximum Gasteiger partial charge on any atom is 0.295 e. The van der Waals surface area contributed by atoms with Gasteiger partial charge in [0, 0.05) is 17.0 Å². The van der Waals surface area contributed by atoms with Gasteiger partial charge in [0.1, 0.15) is 21.3 Å². The largest absolute Gasteiger partial charge is 0.507 e. The van der Waals surface area contributed by atoms with E-state index in [0.717, 1.165) is 24.3 Å². The summed E-state index contributed by atoms with van der Waals surface area (Å²) in [6, 6.07) is 9.86. The highest BCUT2D eigenvalue weighted by Gasteiger charge is 2.27. The van der Waals surface area contributed by atoms with Crippen LogP contribution in [0.5, 0.6) is 11.5 Å². The van der Waals surface area contributed by atoms with E-state index in [2.05, 4.69) is 0 Å². The molecule has 0 atom stereocenters. The number of benzene rings is 4. The Hall–Kier alpha value is -3.27. The van der Waals surface area contributed by atoms with Crippen LogP contribution in [0.2, 0.25) is 0 Å². The van der Waals surface area contributed by atoms with Crippen molar-refractivity contribution in [1.29, 1.82) is 0 Å². The van der Waals surface area contributed by atoms with E-state index >= 15 is 0 Å².